The van der Waals surface area contributed by atoms with Gasteiger partial charge >= 0.3 is 0 Å². The molecule has 1 aliphatic heterocycles. The first-order chi connectivity index (χ1) is 14.1. The topological polar surface area (TPSA) is 87.7 Å². The summed E-state index contributed by atoms with van der Waals surface area (Å²) in [5.74, 6) is -0.703. The standard InChI is InChI=1S/C22H25N3O4/c1-29-12-11-23-20(26)13-16-7-9-18(10-8-16)24-22(28)17-14-21(27)25(15-17)19-5-3-2-4-6-19/h2-10,17H,11-15H2,1H3,(H,23,26)(H,24,28). The number of benzene rings is 2. The predicted molar refractivity (Wildman–Crippen MR) is 111 cm³/mol. The van der Waals surface area contributed by atoms with Crippen molar-refractivity contribution in [2.75, 3.05) is 37.0 Å². The molecule has 0 spiro atoms. The lowest BCUT2D eigenvalue weighted by molar-refractivity contribution is -0.122. The second-order valence-electron chi connectivity index (χ2n) is 6.95. The number of anilines is 2. The van der Waals surface area contributed by atoms with Crippen LogP contribution in [0, 0.1) is 5.92 Å². The summed E-state index contributed by atoms with van der Waals surface area (Å²) in [6.45, 7) is 1.32. The zero-order valence-electron chi connectivity index (χ0n) is 16.4. The Morgan fingerprint density at radius 2 is 1.83 bits per heavy atom. The van der Waals surface area contributed by atoms with E-state index < -0.39 is 5.92 Å². The number of amides is 3. The minimum Gasteiger partial charge on any atom is -0.383 e. The number of nitrogens with zero attached hydrogens (tertiary/aromatic N) is 1. The summed E-state index contributed by atoms with van der Waals surface area (Å²) in [5, 5.41) is 5.63. The first kappa shape index (κ1) is 20.5. The largest absolute Gasteiger partial charge is 0.383 e. The van der Waals surface area contributed by atoms with Crippen LogP contribution in [0.15, 0.2) is 54.6 Å². The van der Waals surface area contributed by atoms with Crippen molar-refractivity contribution in [1.82, 2.24) is 5.32 Å². The number of carbonyl (C=O) groups excluding carboxylic acids is 3. The van der Waals surface area contributed by atoms with Gasteiger partial charge < -0.3 is 20.3 Å². The molecule has 1 atom stereocenters. The maximum atomic E-state index is 12.6. The van der Waals surface area contributed by atoms with E-state index in [2.05, 4.69) is 10.6 Å². The fraction of sp³-hybridized carbons (Fsp3) is 0.318. The van der Waals surface area contributed by atoms with Gasteiger partial charge in [0.1, 0.15) is 0 Å². The van der Waals surface area contributed by atoms with Crippen molar-refractivity contribution in [2.45, 2.75) is 12.8 Å². The molecular formula is C22H25N3O4. The molecule has 1 saturated heterocycles. The lowest BCUT2D eigenvalue weighted by Crippen LogP contribution is -2.28. The molecule has 1 aliphatic rings. The van der Waals surface area contributed by atoms with Crippen molar-refractivity contribution in [3.05, 3.63) is 60.2 Å². The third-order valence-corrected chi connectivity index (χ3v) is 4.78. The summed E-state index contributed by atoms with van der Waals surface area (Å²) in [6, 6.07) is 16.5. The lowest BCUT2D eigenvalue weighted by atomic mass is 10.1. The Hall–Kier alpha value is -3.19. The number of carbonyl (C=O) groups is 3. The molecule has 2 aromatic carbocycles. The van der Waals surface area contributed by atoms with E-state index >= 15 is 0 Å². The second-order valence-corrected chi connectivity index (χ2v) is 6.95. The quantitative estimate of drug-likeness (QED) is 0.669. The van der Waals surface area contributed by atoms with Gasteiger partial charge in [-0.25, -0.2) is 0 Å². The van der Waals surface area contributed by atoms with E-state index in [9.17, 15) is 14.4 Å². The number of nitrogens with one attached hydrogen (secondary N) is 2. The molecule has 1 fully saturated rings. The van der Waals surface area contributed by atoms with Gasteiger partial charge in [0.05, 0.1) is 18.9 Å². The van der Waals surface area contributed by atoms with E-state index in [1.54, 1.807) is 24.1 Å². The van der Waals surface area contributed by atoms with Crippen molar-refractivity contribution >= 4 is 29.1 Å². The number of methoxy groups -OCH3 is 1. The van der Waals surface area contributed by atoms with Crippen LogP contribution in [-0.4, -0.2) is 44.5 Å². The number of hydrogen-bond acceptors (Lipinski definition) is 4. The maximum absolute atomic E-state index is 12.6. The molecule has 0 aromatic heterocycles. The van der Waals surface area contributed by atoms with Gasteiger partial charge in [-0.15, -0.1) is 0 Å². The van der Waals surface area contributed by atoms with E-state index in [1.807, 2.05) is 42.5 Å². The number of rotatable bonds is 8. The van der Waals surface area contributed by atoms with Gasteiger partial charge in [0.2, 0.25) is 17.7 Å². The van der Waals surface area contributed by atoms with Crippen LogP contribution >= 0.6 is 0 Å². The summed E-state index contributed by atoms with van der Waals surface area (Å²) in [4.78, 5) is 38.3. The van der Waals surface area contributed by atoms with Crippen LogP contribution in [0.5, 0.6) is 0 Å². The first-order valence-corrected chi connectivity index (χ1v) is 9.57. The van der Waals surface area contributed by atoms with E-state index in [0.717, 1.165) is 11.3 Å². The Labute approximate surface area is 170 Å². The minimum absolute atomic E-state index is 0.0498. The third kappa shape index (κ3) is 5.65. The molecule has 2 aromatic rings. The number of hydrogen-bond donors (Lipinski definition) is 2. The smallest absolute Gasteiger partial charge is 0.229 e. The second kappa shape index (κ2) is 9.84. The normalized spacial score (nSPS) is 16.0. The molecule has 0 saturated carbocycles. The van der Waals surface area contributed by atoms with Gasteiger partial charge in [-0.3, -0.25) is 14.4 Å². The monoisotopic (exact) mass is 395 g/mol. The minimum atomic E-state index is -0.394. The Kier molecular flexibility index (Phi) is 6.97. The van der Waals surface area contributed by atoms with E-state index in [1.165, 1.54) is 0 Å². The highest BCUT2D eigenvalue weighted by atomic mass is 16.5. The van der Waals surface area contributed by atoms with Crippen LogP contribution in [0.25, 0.3) is 0 Å². The molecule has 2 N–H and O–H groups in total. The summed E-state index contributed by atoms with van der Waals surface area (Å²) in [6.07, 6.45) is 0.460. The molecule has 3 amide bonds. The van der Waals surface area contributed by atoms with E-state index in [4.69, 9.17) is 4.74 Å². The number of ether oxygens (including phenoxy) is 1. The van der Waals surface area contributed by atoms with Crippen LogP contribution in [0.3, 0.4) is 0 Å². The molecule has 7 heteroatoms. The average Bonchev–Trinajstić information content (AvgIpc) is 3.12. The SMILES string of the molecule is COCCNC(=O)Cc1ccc(NC(=O)C2CC(=O)N(c3ccccc3)C2)cc1. The molecule has 152 valence electrons. The Morgan fingerprint density at radius 3 is 2.52 bits per heavy atom. The molecule has 0 radical (unpaired) electrons. The van der Waals surface area contributed by atoms with Crippen molar-refractivity contribution in [3.8, 4) is 0 Å². The molecule has 7 nitrogen and oxygen atoms in total. The Balaban J connectivity index is 1.52. The average molecular weight is 395 g/mol. The van der Waals surface area contributed by atoms with Gasteiger partial charge in [-0.2, -0.15) is 0 Å². The summed E-state index contributed by atoms with van der Waals surface area (Å²) in [7, 11) is 1.58. The van der Waals surface area contributed by atoms with Crippen LogP contribution < -0.4 is 15.5 Å². The molecule has 1 unspecified atom stereocenters. The van der Waals surface area contributed by atoms with E-state index in [-0.39, 0.29) is 30.6 Å². The third-order valence-electron chi connectivity index (χ3n) is 4.78. The van der Waals surface area contributed by atoms with Gasteiger partial charge in [0, 0.05) is 38.0 Å². The first-order valence-electron chi connectivity index (χ1n) is 9.57. The highest BCUT2D eigenvalue weighted by Gasteiger charge is 2.35. The highest BCUT2D eigenvalue weighted by Crippen LogP contribution is 2.25. The van der Waals surface area contributed by atoms with E-state index in [0.29, 0.717) is 25.4 Å². The van der Waals surface area contributed by atoms with Crippen molar-refractivity contribution in [3.63, 3.8) is 0 Å². The fourth-order valence-electron chi connectivity index (χ4n) is 3.23. The molecule has 29 heavy (non-hydrogen) atoms. The fourth-order valence-corrected chi connectivity index (χ4v) is 3.23. The summed E-state index contributed by atoms with van der Waals surface area (Å²) < 4.78 is 4.90. The molecule has 0 aliphatic carbocycles. The molecule has 1 heterocycles. The van der Waals surface area contributed by atoms with Gasteiger partial charge in [-0.05, 0) is 29.8 Å². The van der Waals surface area contributed by atoms with Gasteiger partial charge in [0.15, 0.2) is 0 Å². The predicted octanol–water partition coefficient (Wildman–Crippen LogP) is 1.98. The zero-order valence-corrected chi connectivity index (χ0v) is 16.4. The highest BCUT2D eigenvalue weighted by molar-refractivity contribution is 6.03. The molecule has 0 bridgehead atoms. The zero-order chi connectivity index (χ0) is 20.6. The Morgan fingerprint density at radius 1 is 1.10 bits per heavy atom. The van der Waals surface area contributed by atoms with Gasteiger partial charge in [0.25, 0.3) is 0 Å². The number of para-hydroxylation sites is 1. The van der Waals surface area contributed by atoms with Crippen molar-refractivity contribution in [2.24, 2.45) is 5.92 Å². The van der Waals surface area contributed by atoms with Crippen LogP contribution in [0.1, 0.15) is 12.0 Å². The Bertz CT molecular complexity index is 852. The van der Waals surface area contributed by atoms with Crippen molar-refractivity contribution in [1.29, 1.82) is 0 Å². The lowest BCUT2D eigenvalue weighted by Gasteiger charge is -2.16. The van der Waals surface area contributed by atoms with Crippen molar-refractivity contribution < 1.29 is 19.1 Å². The molecular weight excluding hydrogens is 370 g/mol. The molecule has 3 rings (SSSR count). The summed E-state index contributed by atoms with van der Waals surface area (Å²) >= 11 is 0. The van der Waals surface area contributed by atoms with Crippen LogP contribution in [-0.2, 0) is 25.5 Å². The van der Waals surface area contributed by atoms with Crippen LogP contribution in [0.4, 0.5) is 11.4 Å². The van der Waals surface area contributed by atoms with Gasteiger partial charge in [-0.1, -0.05) is 30.3 Å². The van der Waals surface area contributed by atoms with Crippen LogP contribution in [0.2, 0.25) is 0 Å². The maximum Gasteiger partial charge on any atom is 0.229 e. The summed E-state index contributed by atoms with van der Waals surface area (Å²) in [5.41, 5.74) is 2.30.